The zero-order valence-electron chi connectivity index (χ0n) is 14.4. The number of benzene rings is 1. The summed E-state index contributed by atoms with van der Waals surface area (Å²) < 4.78 is 9.27. The Hall–Kier alpha value is -2.71. The third-order valence-electron chi connectivity index (χ3n) is 3.69. The molecule has 0 aliphatic rings. The molecule has 0 aromatic heterocycles. The van der Waals surface area contributed by atoms with Gasteiger partial charge in [0.05, 0.1) is 23.0 Å². The van der Waals surface area contributed by atoms with Gasteiger partial charge in [-0.2, -0.15) is 0 Å². The lowest BCUT2D eigenvalue weighted by molar-refractivity contribution is -0.394. The minimum absolute atomic E-state index is 0.252. The van der Waals surface area contributed by atoms with Gasteiger partial charge in [-0.3, -0.25) is 20.2 Å². The lowest BCUT2D eigenvalue weighted by Gasteiger charge is -2.10. The fraction of sp³-hybridized carbons (Fsp3) is 0.562. The lowest BCUT2D eigenvalue weighted by atomic mass is 10.0. The molecule has 138 valence electrons. The quantitative estimate of drug-likeness (QED) is 0.198. The Morgan fingerprint density at radius 3 is 2.24 bits per heavy atom. The molecule has 0 unspecified atom stereocenters. The minimum atomic E-state index is -1.11. The normalized spacial score (nSPS) is 10.3. The summed E-state index contributed by atoms with van der Waals surface area (Å²) in [4.78, 5) is 32.1. The molecule has 0 bridgehead atoms. The Labute approximate surface area is 145 Å². The van der Waals surface area contributed by atoms with Crippen LogP contribution in [0.2, 0.25) is 0 Å². The number of nitrogens with zero attached hydrogens (tertiary/aromatic N) is 2. The highest BCUT2D eigenvalue weighted by Gasteiger charge is 2.27. The Bertz CT molecular complexity index is 631. The van der Waals surface area contributed by atoms with E-state index in [1.807, 2.05) is 0 Å². The van der Waals surface area contributed by atoms with Crippen LogP contribution in [0.25, 0.3) is 0 Å². The van der Waals surface area contributed by atoms with Crippen molar-refractivity contribution in [2.45, 2.75) is 51.9 Å². The number of nitro groups is 2. The van der Waals surface area contributed by atoms with Gasteiger partial charge in [-0.1, -0.05) is 39.0 Å². The van der Waals surface area contributed by atoms with Gasteiger partial charge in [-0.25, -0.2) is 4.79 Å². The molecule has 1 aromatic rings. The van der Waals surface area contributed by atoms with Crippen molar-refractivity contribution >= 4 is 17.5 Å². The first kappa shape index (κ1) is 20.3. The molecule has 0 aliphatic heterocycles. The van der Waals surface area contributed by atoms with Crippen LogP contribution in [-0.4, -0.2) is 23.1 Å². The van der Waals surface area contributed by atoms with Crippen molar-refractivity contribution in [3.8, 4) is 5.75 Å². The van der Waals surface area contributed by atoms with Gasteiger partial charge < -0.3 is 9.47 Å². The number of nitro benzene ring substituents is 2. The summed E-state index contributed by atoms with van der Waals surface area (Å²) in [6.45, 7) is 2.11. The molecule has 0 saturated carbocycles. The molecule has 0 N–H and O–H groups in total. The Kier molecular flexibility index (Phi) is 8.31. The standard InChI is InChI=1S/C16H22N2O7/c1-3-4-5-6-7-8-9-12-10-13(17(20)21)11-14(18(22)23)15(12)25-16(19)24-2/h10-11H,3-9H2,1-2H3. The highest BCUT2D eigenvalue weighted by atomic mass is 16.7. The van der Waals surface area contributed by atoms with Crippen molar-refractivity contribution in [3.63, 3.8) is 0 Å². The minimum Gasteiger partial charge on any atom is -0.437 e. The van der Waals surface area contributed by atoms with Crippen LogP contribution in [0.4, 0.5) is 16.2 Å². The second kappa shape index (κ2) is 10.2. The van der Waals surface area contributed by atoms with E-state index < -0.39 is 27.4 Å². The van der Waals surface area contributed by atoms with Crippen LogP contribution in [0.15, 0.2) is 12.1 Å². The van der Waals surface area contributed by atoms with Gasteiger partial charge in [0.1, 0.15) is 0 Å². The molecule has 1 rings (SSSR count). The van der Waals surface area contributed by atoms with Gasteiger partial charge in [0, 0.05) is 11.6 Å². The topological polar surface area (TPSA) is 122 Å². The Morgan fingerprint density at radius 1 is 1.04 bits per heavy atom. The molecule has 0 spiro atoms. The second-order valence-electron chi connectivity index (χ2n) is 5.54. The van der Waals surface area contributed by atoms with E-state index in [1.165, 1.54) is 6.07 Å². The number of hydrogen-bond acceptors (Lipinski definition) is 7. The SMILES string of the molecule is CCCCCCCCc1cc([N+](=O)[O-])cc([N+](=O)[O-])c1OC(=O)OC. The van der Waals surface area contributed by atoms with Crippen LogP contribution in [0.1, 0.15) is 51.0 Å². The largest absolute Gasteiger partial charge is 0.513 e. The third-order valence-corrected chi connectivity index (χ3v) is 3.69. The second-order valence-corrected chi connectivity index (χ2v) is 5.54. The van der Waals surface area contributed by atoms with Crippen LogP contribution in [0, 0.1) is 20.2 Å². The highest BCUT2D eigenvalue weighted by Crippen LogP contribution is 2.36. The summed E-state index contributed by atoms with van der Waals surface area (Å²) in [5.41, 5.74) is -0.785. The monoisotopic (exact) mass is 354 g/mol. The predicted octanol–water partition coefficient (Wildman–Crippen LogP) is 4.55. The van der Waals surface area contributed by atoms with E-state index in [2.05, 4.69) is 11.7 Å². The van der Waals surface area contributed by atoms with Gasteiger partial charge in [-0.05, 0) is 12.8 Å². The van der Waals surface area contributed by atoms with Crippen LogP contribution >= 0.6 is 0 Å². The summed E-state index contributed by atoms with van der Waals surface area (Å²) in [6, 6.07) is 1.99. The van der Waals surface area contributed by atoms with E-state index in [1.54, 1.807) is 0 Å². The summed E-state index contributed by atoms with van der Waals surface area (Å²) in [6.07, 6.45) is 5.15. The molecular formula is C16H22N2O7. The van der Waals surface area contributed by atoms with Crippen molar-refractivity contribution in [3.05, 3.63) is 37.9 Å². The predicted molar refractivity (Wildman–Crippen MR) is 89.9 cm³/mol. The molecule has 0 radical (unpaired) electrons. The zero-order valence-corrected chi connectivity index (χ0v) is 14.4. The van der Waals surface area contributed by atoms with Crippen LogP contribution in [0.5, 0.6) is 5.75 Å². The smallest absolute Gasteiger partial charge is 0.437 e. The van der Waals surface area contributed by atoms with E-state index in [4.69, 9.17) is 4.74 Å². The molecule has 1 aromatic carbocycles. The molecule has 9 heteroatoms. The maximum absolute atomic E-state index is 11.4. The molecule has 0 aliphatic carbocycles. The number of ether oxygens (including phenoxy) is 2. The van der Waals surface area contributed by atoms with Gasteiger partial charge >= 0.3 is 11.8 Å². The summed E-state index contributed by atoms with van der Waals surface area (Å²) >= 11 is 0. The number of carbonyl (C=O) groups is 1. The van der Waals surface area contributed by atoms with Crippen molar-refractivity contribution in [1.82, 2.24) is 0 Å². The molecule has 0 atom stereocenters. The van der Waals surface area contributed by atoms with E-state index in [9.17, 15) is 25.0 Å². The first-order valence-electron chi connectivity index (χ1n) is 8.12. The van der Waals surface area contributed by atoms with E-state index in [-0.39, 0.29) is 11.3 Å². The van der Waals surface area contributed by atoms with Crippen molar-refractivity contribution < 1.29 is 24.1 Å². The van der Waals surface area contributed by atoms with Crippen molar-refractivity contribution in [1.29, 1.82) is 0 Å². The highest BCUT2D eigenvalue weighted by molar-refractivity contribution is 5.69. The van der Waals surface area contributed by atoms with Crippen LogP contribution < -0.4 is 4.74 Å². The Balaban J connectivity index is 3.05. The van der Waals surface area contributed by atoms with Crippen molar-refractivity contribution in [2.75, 3.05) is 7.11 Å². The molecule has 9 nitrogen and oxygen atoms in total. The lowest BCUT2D eigenvalue weighted by Crippen LogP contribution is -2.11. The number of hydrogen-bond donors (Lipinski definition) is 0. The maximum Gasteiger partial charge on any atom is 0.513 e. The van der Waals surface area contributed by atoms with E-state index in [0.29, 0.717) is 12.8 Å². The summed E-state index contributed by atoms with van der Waals surface area (Å²) in [5, 5.41) is 22.2. The van der Waals surface area contributed by atoms with Crippen LogP contribution in [0.3, 0.4) is 0 Å². The Morgan fingerprint density at radius 2 is 1.68 bits per heavy atom. The molecule has 0 heterocycles. The summed E-state index contributed by atoms with van der Waals surface area (Å²) in [7, 11) is 1.08. The third kappa shape index (κ3) is 6.36. The number of rotatable bonds is 10. The number of non-ortho nitro benzene ring substituents is 1. The number of carbonyl (C=O) groups excluding carboxylic acids is 1. The summed E-state index contributed by atoms with van der Waals surface area (Å²) in [5.74, 6) is -0.295. The first-order valence-corrected chi connectivity index (χ1v) is 8.12. The fourth-order valence-electron chi connectivity index (χ4n) is 2.42. The van der Waals surface area contributed by atoms with E-state index >= 15 is 0 Å². The zero-order chi connectivity index (χ0) is 18.8. The van der Waals surface area contributed by atoms with Gasteiger partial charge in [0.15, 0.2) is 0 Å². The average Bonchev–Trinajstić information content (AvgIpc) is 2.58. The van der Waals surface area contributed by atoms with Gasteiger partial charge in [0.25, 0.3) is 5.69 Å². The molecular weight excluding hydrogens is 332 g/mol. The fourth-order valence-corrected chi connectivity index (χ4v) is 2.42. The average molecular weight is 354 g/mol. The number of methoxy groups -OCH3 is 1. The van der Waals surface area contributed by atoms with Gasteiger partial charge in [0.2, 0.25) is 5.75 Å². The molecule has 0 fully saturated rings. The number of unbranched alkanes of at least 4 members (excludes halogenated alkanes) is 5. The molecule has 0 amide bonds. The van der Waals surface area contributed by atoms with Crippen molar-refractivity contribution in [2.24, 2.45) is 0 Å². The van der Waals surface area contributed by atoms with Crippen LogP contribution in [-0.2, 0) is 11.2 Å². The van der Waals surface area contributed by atoms with Gasteiger partial charge in [-0.15, -0.1) is 0 Å². The molecule has 0 saturated heterocycles. The number of aryl methyl sites for hydroxylation is 1. The first-order chi connectivity index (χ1) is 11.9. The maximum atomic E-state index is 11.4. The van der Waals surface area contributed by atoms with E-state index in [0.717, 1.165) is 45.3 Å². The molecule has 25 heavy (non-hydrogen) atoms.